The number of rotatable bonds is 10. The number of carbonyl (C=O) groups excluding carboxylic acids is 1. The molecule has 3 rings (SSSR count). The van der Waals surface area contributed by atoms with Crippen LogP contribution in [-0.4, -0.2) is 56.0 Å². The van der Waals surface area contributed by atoms with Crippen molar-refractivity contribution in [1.29, 1.82) is 0 Å². The van der Waals surface area contributed by atoms with Crippen LogP contribution in [0, 0.1) is 5.92 Å². The molecule has 0 radical (unpaired) electrons. The van der Waals surface area contributed by atoms with Crippen LogP contribution < -0.4 is 15.8 Å². The summed E-state index contributed by atoms with van der Waals surface area (Å²) in [6, 6.07) is 3.54. The molecule has 8 nitrogen and oxygen atoms in total. The Morgan fingerprint density at radius 3 is 2.29 bits per heavy atom. The molecular weight excluding hydrogens is 529 g/mol. The fraction of sp³-hybridized carbons (Fsp3) is 0.565. The van der Waals surface area contributed by atoms with Crippen molar-refractivity contribution >= 4 is 61.3 Å². The summed E-state index contributed by atoms with van der Waals surface area (Å²) in [5.41, 5.74) is 7.20. The Morgan fingerprint density at radius 1 is 1.17 bits per heavy atom. The Bertz CT molecular complexity index is 1140. The summed E-state index contributed by atoms with van der Waals surface area (Å²) >= 11 is 14.0. The Balaban J connectivity index is 1.64. The van der Waals surface area contributed by atoms with Crippen molar-refractivity contribution in [2.45, 2.75) is 58.2 Å². The number of carbonyl (C=O) groups is 1. The van der Waals surface area contributed by atoms with E-state index in [9.17, 15) is 13.2 Å². The lowest BCUT2D eigenvalue weighted by atomic mass is 9.92. The molecule has 0 saturated heterocycles. The third-order valence-corrected chi connectivity index (χ3v) is 9.04. The van der Waals surface area contributed by atoms with Gasteiger partial charge in [0.05, 0.1) is 21.4 Å². The number of halogens is 2. The number of ketones is 1. The highest BCUT2D eigenvalue weighted by Gasteiger charge is 2.27. The Hall–Kier alpha value is -1.43. The van der Waals surface area contributed by atoms with Crippen molar-refractivity contribution in [2.24, 2.45) is 5.92 Å². The molecular formula is C23H33Cl2N5O3S2. The molecule has 0 amide bonds. The Morgan fingerprint density at radius 2 is 1.74 bits per heavy atom. The molecule has 1 heterocycles. The third kappa shape index (κ3) is 7.77. The van der Waals surface area contributed by atoms with E-state index in [-0.39, 0.29) is 55.8 Å². The zero-order chi connectivity index (χ0) is 25.9. The lowest BCUT2D eigenvalue weighted by Crippen LogP contribution is -2.41. The summed E-state index contributed by atoms with van der Waals surface area (Å²) in [7, 11) is 0.602. The van der Waals surface area contributed by atoms with E-state index >= 15 is 0 Å². The van der Waals surface area contributed by atoms with Gasteiger partial charge in [0.1, 0.15) is 10.7 Å². The van der Waals surface area contributed by atoms with E-state index in [2.05, 4.69) is 15.0 Å². The van der Waals surface area contributed by atoms with E-state index in [4.69, 9.17) is 28.9 Å². The van der Waals surface area contributed by atoms with Gasteiger partial charge in [-0.2, -0.15) is 0 Å². The Labute approximate surface area is 221 Å². The molecule has 0 aliphatic heterocycles. The van der Waals surface area contributed by atoms with E-state index in [0.717, 1.165) is 31.2 Å². The van der Waals surface area contributed by atoms with Crippen LogP contribution in [0.3, 0.4) is 0 Å². The van der Waals surface area contributed by atoms with Gasteiger partial charge in [0.25, 0.3) is 0 Å². The average Bonchev–Trinajstić information content (AvgIpc) is 3.07. The van der Waals surface area contributed by atoms with Gasteiger partial charge in [-0.25, -0.2) is 18.1 Å². The Kier molecular flexibility index (Phi) is 9.45. The van der Waals surface area contributed by atoms with Crippen LogP contribution in [0.1, 0.15) is 60.3 Å². The van der Waals surface area contributed by atoms with E-state index in [1.54, 1.807) is 12.1 Å². The van der Waals surface area contributed by atoms with Crippen molar-refractivity contribution < 1.29 is 13.2 Å². The summed E-state index contributed by atoms with van der Waals surface area (Å²) in [4.78, 5) is 19.8. The van der Waals surface area contributed by atoms with E-state index in [1.807, 2.05) is 32.8 Å². The molecule has 1 aromatic carbocycles. The number of sulfonamides is 1. The van der Waals surface area contributed by atoms with E-state index < -0.39 is 10.0 Å². The first-order valence-electron chi connectivity index (χ1n) is 11.5. The maximum atomic E-state index is 13.2. The van der Waals surface area contributed by atoms with Gasteiger partial charge in [-0.15, -0.1) is 0 Å². The standard InChI is InChI=1S/C23H33Cl2N5O3S2/c1-13(2)12-35(32,33)29-16-7-5-15(6-8-16)27-23-28-22(26)21(34-23)20(31)19-17(24)9-14(10-18(19)25)11-30(3)4/h9-10,13,15-16,29H,5-8,11-12,26H2,1-4H3,(H,27,28). The molecule has 0 unspecified atom stereocenters. The lowest BCUT2D eigenvalue weighted by molar-refractivity contribution is 0.104. The van der Waals surface area contributed by atoms with Crippen LogP contribution in [0.2, 0.25) is 10.0 Å². The molecule has 35 heavy (non-hydrogen) atoms. The molecule has 194 valence electrons. The summed E-state index contributed by atoms with van der Waals surface area (Å²) in [5, 5.41) is 4.45. The van der Waals surface area contributed by atoms with Crippen LogP contribution in [0.4, 0.5) is 10.9 Å². The zero-order valence-electron chi connectivity index (χ0n) is 20.4. The molecule has 1 aliphatic carbocycles. The second-order valence-electron chi connectivity index (χ2n) is 9.72. The molecule has 4 N–H and O–H groups in total. The van der Waals surface area contributed by atoms with Crippen LogP contribution >= 0.6 is 34.5 Å². The van der Waals surface area contributed by atoms with Crippen LogP contribution in [0.5, 0.6) is 0 Å². The van der Waals surface area contributed by atoms with Crippen LogP contribution in [0.15, 0.2) is 12.1 Å². The van der Waals surface area contributed by atoms with Crippen molar-refractivity contribution in [3.8, 4) is 0 Å². The van der Waals surface area contributed by atoms with Crippen molar-refractivity contribution in [1.82, 2.24) is 14.6 Å². The second-order valence-corrected chi connectivity index (χ2v) is 13.3. The predicted octanol–water partition coefficient (Wildman–Crippen LogP) is 4.62. The summed E-state index contributed by atoms with van der Waals surface area (Å²) in [5.74, 6) is -0.0179. The van der Waals surface area contributed by atoms with Crippen LogP contribution in [-0.2, 0) is 16.6 Å². The van der Waals surface area contributed by atoms with Crippen molar-refractivity contribution in [2.75, 3.05) is 30.9 Å². The van der Waals surface area contributed by atoms with Gasteiger partial charge in [0.2, 0.25) is 15.8 Å². The minimum atomic E-state index is -3.27. The lowest BCUT2D eigenvalue weighted by Gasteiger charge is -2.29. The summed E-state index contributed by atoms with van der Waals surface area (Å²) in [6.07, 6.45) is 3.02. The maximum absolute atomic E-state index is 13.2. The summed E-state index contributed by atoms with van der Waals surface area (Å²) < 4.78 is 27.3. The fourth-order valence-corrected chi connectivity index (χ4v) is 7.57. The number of nitrogens with two attached hydrogens (primary N) is 1. The number of nitrogen functional groups attached to an aromatic ring is 1. The van der Waals surface area contributed by atoms with Crippen molar-refractivity contribution in [3.05, 3.63) is 38.2 Å². The third-order valence-electron chi connectivity index (χ3n) is 5.64. The van der Waals surface area contributed by atoms with E-state index in [0.29, 0.717) is 11.7 Å². The van der Waals surface area contributed by atoms with Crippen LogP contribution in [0.25, 0.3) is 0 Å². The highest BCUT2D eigenvalue weighted by atomic mass is 35.5. The number of thiazole rings is 1. The first kappa shape index (κ1) is 28.1. The molecule has 0 bridgehead atoms. The quantitative estimate of drug-likeness (QED) is 0.362. The largest absolute Gasteiger partial charge is 0.382 e. The molecule has 2 aromatic rings. The highest BCUT2D eigenvalue weighted by Crippen LogP contribution is 2.35. The second kappa shape index (κ2) is 11.7. The number of aromatic nitrogens is 1. The van der Waals surface area contributed by atoms with Gasteiger partial charge in [0, 0.05) is 18.6 Å². The molecule has 0 spiro atoms. The number of hydrogen-bond acceptors (Lipinski definition) is 8. The topological polar surface area (TPSA) is 117 Å². The van der Waals surface area contributed by atoms with Gasteiger partial charge in [-0.05, 0) is 63.4 Å². The first-order valence-corrected chi connectivity index (χ1v) is 14.8. The number of nitrogens with zero attached hydrogens (tertiary/aromatic N) is 2. The first-order chi connectivity index (χ1) is 16.3. The highest BCUT2D eigenvalue weighted by molar-refractivity contribution is 7.89. The zero-order valence-corrected chi connectivity index (χ0v) is 23.5. The summed E-state index contributed by atoms with van der Waals surface area (Å²) in [6.45, 7) is 4.42. The maximum Gasteiger partial charge on any atom is 0.212 e. The molecule has 0 atom stereocenters. The van der Waals surface area contributed by atoms with E-state index in [1.165, 1.54) is 11.3 Å². The van der Waals surface area contributed by atoms with Gasteiger partial charge < -0.3 is 16.0 Å². The van der Waals surface area contributed by atoms with Gasteiger partial charge in [-0.3, -0.25) is 4.79 Å². The normalized spacial score (nSPS) is 18.9. The van der Waals surface area contributed by atoms with Gasteiger partial charge in [-0.1, -0.05) is 48.4 Å². The predicted molar refractivity (Wildman–Crippen MR) is 145 cm³/mol. The van der Waals surface area contributed by atoms with Gasteiger partial charge >= 0.3 is 0 Å². The number of benzene rings is 1. The number of hydrogen-bond donors (Lipinski definition) is 3. The minimum Gasteiger partial charge on any atom is -0.382 e. The SMILES string of the molecule is CC(C)CS(=O)(=O)NC1CCC(Nc2nc(N)c(C(=O)c3c(Cl)cc(CN(C)C)cc3Cl)s2)CC1. The molecule has 1 aliphatic rings. The minimum absolute atomic E-state index is 0.0601. The smallest absolute Gasteiger partial charge is 0.212 e. The van der Waals surface area contributed by atoms with Crippen molar-refractivity contribution in [3.63, 3.8) is 0 Å². The number of nitrogens with one attached hydrogen (secondary N) is 2. The average molecular weight is 563 g/mol. The number of anilines is 2. The van der Waals surface area contributed by atoms with Gasteiger partial charge in [0.15, 0.2) is 5.13 Å². The molecule has 1 saturated carbocycles. The fourth-order valence-electron chi connectivity index (χ4n) is 4.24. The monoisotopic (exact) mass is 561 g/mol. The molecule has 1 fully saturated rings. The molecule has 12 heteroatoms. The molecule has 1 aromatic heterocycles.